The van der Waals surface area contributed by atoms with Crippen molar-refractivity contribution in [1.29, 1.82) is 0 Å². The van der Waals surface area contributed by atoms with E-state index in [1.165, 1.54) is 10.6 Å². The third-order valence-corrected chi connectivity index (χ3v) is 6.51. The van der Waals surface area contributed by atoms with Gasteiger partial charge in [-0.05, 0) is 43.7 Å². The molecule has 32 heavy (non-hydrogen) atoms. The van der Waals surface area contributed by atoms with Crippen LogP contribution in [0.2, 0.25) is 10.0 Å². The zero-order valence-electron chi connectivity index (χ0n) is 17.1. The van der Waals surface area contributed by atoms with Gasteiger partial charge in [0.1, 0.15) is 11.9 Å². The molecule has 1 aromatic heterocycles. The van der Waals surface area contributed by atoms with Gasteiger partial charge in [0.05, 0.1) is 22.4 Å². The van der Waals surface area contributed by atoms with Crippen molar-refractivity contribution in [3.63, 3.8) is 0 Å². The SMILES string of the molecule is CCOC(=O)C1=C(C)N=c2s/c(=C/c3ccc(Cl)cc3Cl)c(=O)n2C1c1ccccc1F. The number of aromatic nitrogens is 1. The molecule has 2 aromatic carbocycles. The first-order chi connectivity index (χ1) is 15.3. The van der Waals surface area contributed by atoms with Crippen LogP contribution in [0.1, 0.15) is 31.0 Å². The number of benzene rings is 2. The summed E-state index contributed by atoms with van der Waals surface area (Å²) in [6.45, 7) is 3.46. The first-order valence-corrected chi connectivity index (χ1v) is 11.3. The van der Waals surface area contributed by atoms with E-state index in [1.807, 2.05) is 0 Å². The number of fused-ring (bicyclic) bond motifs is 1. The first kappa shape index (κ1) is 22.5. The number of rotatable bonds is 4. The van der Waals surface area contributed by atoms with Gasteiger partial charge in [-0.15, -0.1) is 0 Å². The van der Waals surface area contributed by atoms with Crippen LogP contribution in [0, 0.1) is 5.82 Å². The molecule has 0 saturated carbocycles. The third kappa shape index (κ3) is 4.03. The van der Waals surface area contributed by atoms with E-state index in [0.29, 0.717) is 30.6 Å². The number of nitrogens with zero attached hydrogens (tertiary/aromatic N) is 2. The lowest BCUT2D eigenvalue weighted by atomic mass is 9.95. The molecule has 4 rings (SSSR count). The second kappa shape index (κ2) is 9.02. The summed E-state index contributed by atoms with van der Waals surface area (Å²) < 4.78 is 21.7. The van der Waals surface area contributed by atoms with Gasteiger partial charge in [-0.25, -0.2) is 14.2 Å². The maximum absolute atomic E-state index is 14.8. The average molecular weight is 491 g/mol. The number of hydrogen-bond donors (Lipinski definition) is 0. The minimum Gasteiger partial charge on any atom is -0.463 e. The summed E-state index contributed by atoms with van der Waals surface area (Å²) in [5.41, 5.74) is 0.865. The van der Waals surface area contributed by atoms with E-state index >= 15 is 0 Å². The molecule has 9 heteroatoms. The van der Waals surface area contributed by atoms with Gasteiger partial charge in [-0.1, -0.05) is 58.8 Å². The largest absolute Gasteiger partial charge is 0.463 e. The quantitative estimate of drug-likeness (QED) is 0.513. The molecule has 0 N–H and O–H groups in total. The van der Waals surface area contributed by atoms with E-state index in [2.05, 4.69) is 4.99 Å². The normalized spacial score (nSPS) is 16.0. The molecule has 3 aromatic rings. The molecule has 0 amide bonds. The van der Waals surface area contributed by atoms with Crippen LogP contribution in [0.15, 0.2) is 63.5 Å². The van der Waals surface area contributed by atoms with Crippen LogP contribution in [0.25, 0.3) is 6.08 Å². The van der Waals surface area contributed by atoms with Crippen molar-refractivity contribution in [3.8, 4) is 0 Å². The van der Waals surface area contributed by atoms with Crippen LogP contribution in [0.3, 0.4) is 0 Å². The Morgan fingerprint density at radius 3 is 2.72 bits per heavy atom. The van der Waals surface area contributed by atoms with E-state index in [0.717, 1.165) is 11.3 Å². The molecule has 2 heterocycles. The Hall–Kier alpha value is -2.74. The van der Waals surface area contributed by atoms with Gasteiger partial charge in [0.2, 0.25) is 0 Å². The molecular weight excluding hydrogens is 474 g/mol. The fourth-order valence-corrected chi connectivity index (χ4v) is 5.04. The molecule has 164 valence electrons. The molecule has 5 nitrogen and oxygen atoms in total. The van der Waals surface area contributed by atoms with Crippen LogP contribution in [0.4, 0.5) is 4.39 Å². The van der Waals surface area contributed by atoms with E-state index in [4.69, 9.17) is 27.9 Å². The van der Waals surface area contributed by atoms with E-state index in [-0.39, 0.29) is 17.7 Å². The summed E-state index contributed by atoms with van der Waals surface area (Å²) in [5, 5.41) is 0.861. The van der Waals surface area contributed by atoms with Gasteiger partial charge in [-0.2, -0.15) is 0 Å². The number of hydrogen-bond acceptors (Lipinski definition) is 5. The fraction of sp³-hybridized carbons (Fsp3) is 0.174. The maximum Gasteiger partial charge on any atom is 0.338 e. The smallest absolute Gasteiger partial charge is 0.338 e. The summed E-state index contributed by atoms with van der Waals surface area (Å²) in [7, 11) is 0. The average Bonchev–Trinajstić information content (AvgIpc) is 3.04. The first-order valence-electron chi connectivity index (χ1n) is 9.71. The Bertz CT molecular complexity index is 1440. The minimum atomic E-state index is -1.01. The number of ether oxygens (including phenoxy) is 1. The number of thiazole rings is 1. The summed E-state index contributed by atoms with van der Waals surface area (Å²) in [4.78, 5) is 31.0. The molecule has 1 aliphatic rings. The van der Waals surface area contributed by atoms with Gasteiger partial charge in [0, 0.05) is 15.6 Å². The number of carbonyl (C=O) groups excluding carboxylic acids is 1. The second-order valence-corrected chi connectivity index (χ2v) is 8.84. The zero-order chi connectivity index (χ0) is 23.0. The monoisotopic (exact) mass is 490 g/mol. The molecular formula is C23H17Cl2FN2O3S. The molecule has 1 atom stereocenters. The van der Waals surface area contributed by atoms with Crippen LogP contribution in [-0.2, 0) is 9.53 Å². The van der Waals surface area contributed by atoms with Crippen molar-refractivity contribution in [3.05, 3.63) is 100 Å². The van der Waals surface area contributed by atoms with Crippen molar-refractivity contribution < 1.29 is 13.9 Å². The highest BCUT2D eigenvalue weighted by Gasteiger charge is 2.34. The summed E-state index contributed by atoms with van der Waals surface area (Å²) in [6.07, 6.45) is 1.63. The molecule has 0 spiro atoms. The van der Waals surface area contributed by atoms with Crippen molar-refractivity contribution in [2.45, 2.75) is 19.9 Å². The fourth-order valence-electron chi connectivity index (χ4n) is 3.54. The topological polar surface area (TPSA) is 60.7 Å². The van der Waals surface area contributed by atoms with Gasteiger partial charge in [-0.3, -0.25) is 9.36 Å². The number of halogens is 3. The Morgan fingerprint density at radius 2 is 2.03 bits per heavy atom. The minimum absolute atomic E-state index is 0.125. The highest BCUT2D eigenvalue weighted by Crippen LogP contribution is 2.32. The second-order valence-electron chi connectivity index (χ2n) is 6.99. The summed E-state index contributed by atoms with van der Waals surface area (Å²) in [5.74, 6) is -1.18. The van der Waals surface area contributed by atoms with Crippen LogP contribution in [0.5, 0.6) is 0 Å². The molecule has 0 aliphatic carbocycles. The van der Waals surface area contributed by atoms with Crippen molar-refractivity contribution in [2.24, 2.45) is 4.99 Å². The van der Waals surface area contributed by atoms with E-state index in [9.17, 15) is 14.0 Å². The zero-order valence-corrected chi connectivity index (χ0v) is 19.4. The van der Waals surface area contributed by atoms with E-state index < -0.39 is 23.4 Å². The van der Waals surface area contributed by atoms with Gasteiger partial charge >= 0.3 is 5.97 Å². The lowest BCUT2D eigenvalue weighted by Gasteiger charge is -2.24. The Morgan fingerprint density at radius 1 is 1.28 bits per heavy atom. The Kier molecular flexibility index (Phi) is 6.33. The van der Waals surface area contributed by atoms with Crippen molar-refractivity contribution in [1.82, 2.24) is 4.57 Å². The lowest BCUT2D eigenvalue weighted by Crippen LogP contribution is -2.40. The van der Waals surface area contributed by atoms with Gasteiger partial charge in [0.15, 0.2) is 4.80 Å². The summed E-state index contributed by atoms with van der Waals surface area (Å²) in [6, 6.07) is 9.98. The predicted molar refractivity (Wildman–Crippen MR) is 123 cm³/mol. The predicted octanol–water partition coefficient (Wildman–Crippen LogP) is 4.24. The van der Waals surface area contributed by atoms with E-state index in [1.54, 1.807) is 56.3 Å². The van der Waals surface area contributed by atoms with Crippen LogP contribution < -0.4 is 14.9 Å². The van der Waals surface area contributed by atoms with Crippen molar-refractivity contribution in [2.75, 3.05) is 6.61 Å². The van der Waals surface area contributed by atoms with Crippen LogP contribution >= 0.6 is 34.5 Å². The highest BCUT2D eigenvalue weighted by atomic mass is 35.5. The molecule has 1 aliphatic heterocycles. The molecule has 0 saturated heterocycles. The summed E-state index contributed by atoms with van der Waals surface area (Å²) >= 11 is 13.4. The third-order valence-electron chi connectivity index (χ3n) is 4.97. The maximum atomic E-state index is 14.8. The molecule has 1 unspecified atom stereocenters. The number of esters is 1. The number of allylic oxidation sites excluding steroid dienone is 1. The number of carbonyl (C=O) groups is 1. The Labute approximate surface area is 196 Å². The van der Waals surface area contributed by atoms with Crippen LogP contribution in [-0.4, -0.2) is 17.1 Å². The van der Waals surface area contributed by atoms with Gasteiger partial charge in [0.25, 0.3) is 5.56 Å². The molecule has 0 bridgehead atoms. The molecule has 0 radical (unpaired) electrons. The van der Waals surface area contributed by atoms with Gasteiger partial charge < -0.3 is 4.74 Å². The van der Waals surface area contributed by atoms with Crippen molar-refractivity contribution >= 4 is 46.6 Å². The Balaban J connectivity index is 1.99. The molecule has 0 fully saturated rings. The highest BCUT2D eigenvalue weighted by molar-refractivity contribution is 7.07. The lowest BCUT2D eigenvalue weighted by molar-refractivity contribution is -0.139. The standard InChI is InChI=1S/C23H17Cl2FN2O3S/c1-3-31-22(30)19-12(2)27-23-28(20(19)15-6-4-5-7-17(15)26)21(29)18(32-23)10-13-8-9-14(24)11-16(13)25/h4-11,20H,3H2,1-2H3/b18-10+.